The molecule has 0 spiro atoms. The number of aryl methyl sites for hydroxylation is 1. The summed E-state index contributed by atoms with van der Waals surface area (Å²) in [6, 6.07) is 12.9. The lowest BCUT2D eigenvalue weighted by Crippen LogP contribution is -2.37. The van der Waals surface area contributed by atoms with E-state index in [0.29, 0.717) is 19.7 Å². The van der Waals surface area contributed by atoms with Crippen LogP contribution in [0.3, 0.4) is 0 Å². The fourth-order valence-electron chi connectivity index (χ4n) is 2.99. The minimum atomic E-state index is -0.206. The van der Waals surface area contributed by atoms with Crippen molar-refractivity contribution in [2.24, 2.45) is 0 Å². The summed E-state index contributed by atoms with van der Waals surface area (Å²) in [5.41, 5.74) is 2.51. The average molecular weight is 432 g/mol. The first-order valence-corrected chi connectivity index (χ1v) is 9.62. The lowest BCUT2D eigenvalue weighted by molar-refractivity contribution is -0.116. The normalized spacial score (nSPS) is 13.8. The van der Waals surface area contributed by atoms with Crippen LogP contribution in [0.1, 0.15) is 12.5 Å². The Morgan fingerprint density at radius 2 is 1.93 bits per heavy atom. The molecule has 2 aromatic carbocycles. The quantitative estimate of drug-likeness (QED) is 0.750. The minimum Gasteiger partial charge on any atom is -0.494 e. The largest absolute Gasteiger partial charge is 0.494 e. The van der Waals surface area contributed by atoms with Crippen LogP contribution in [0.4, 0.5) is 16.2 Å². The van der Waals surface area contributed by atoms with Gasteiger partial charge in [-0.2, -0.15) is 0 Å². The molecule has 142 valence electrons. The van der Waals surface area contributed by atoms with E-state index >= 15 is 0 Å². The lowest BCUT2D eigenvalue weighted by atomic mass is 10.2. The topological polar surface area (TPSA) is 61.9 Å². The van der Waals surface area contributed by atoms with Crippen molar-refractivity contribution in [3.05, 3.63) is 52.5 Å². The minimum absolute atomic E-state index is 0.0296. The molecule has 1 aliphatic rings. The predicted octanol–water partition coefficient (Wildman–Crippen LogP) is 4.04. The Morgan fingerprint density at radius 3 is 2.59 bits per heavy atom. The standard InChI is InChI=1S/C20H22BrN3O3/c1-3-27-17-7-5-16(6-8-17)24-11-10-23(20(24)26)13-19(25)22-18-9-4-15(21)12-14(18)2/h4-9,12H,3,10-11,13H2,1-2H3,(H,22,25). The second kappa shape index (κ2) is 8.43. The highest BCUT2D eigenvalue weighted by Crippen LogP contribution is 2.24. The monoisotopic (exact) mass is 431 g/mol. The molecule has 0 radical (unpaired) electrons. The van der Waals surface area contributed by atoms with E-state index in [0.717, 1.165) is 27.2 Å². The molecule has 3 rings (SSSR count). The van der Waals surface area contributed by atoms with Crippen molar-refractivity contribution < 1.29 is 14.3 Å². The Labute approximate surface area is 167 Å². The van der Waals surface area contributed by atoms with Crippen molar-refractivity contribution in [2.45, 2.75) is 13.8 Å². The highest BCUT2D eigenvalue weighted by molar-refractivity contribution is 9.10. The summed E-state index contributed by atoms with van der Waals surface area (Å²) in [7, 11) is 0. The fourth-order valence-corrected chi connectivity index (χ4v) is 3.46. The van der Waals surface area contributed by atoms with Gasteiger partial charge in [-0.1, -0.05) is 15.9 Å². The Hall–Kier alpha value is -2.54. The van der Waals surface area contributed by atoms with Gasteiger partial charge < -0.3 is 15.0 Å². The van der Waals surface area contributed by atoms with Crippen LogP contribution in [0.15, 0.2) is 46.9 Å². The van der Waals surface area contributed by atoms with Gasteiger partial charge >= 0.3 is 6.03 Å². The Bertz CT molecular complexity index is 839. The maximum Gasteiger partial charge on any atom is 0.325 e. The number of ether oxygens (including phenoxy) is 1. The molecule has 6 nitrogen and oxygen atoms in total. The number of amides is 3. The summed E-state index contributed by atoms with van der Waals surface area (Å²) in [5.74, 6) is 0.566. The molecule has 7 heteroatoms. The summed E-state index contributed by atoms with van der Waals surface area (Å²) >= 11 is 3.40. The number of anilines is 2. The molecule has 1 saturated heterocycles. The Morgan fingerprint density at radius 1 is 1.19 bits per heavy atom. The fraction of sp³-hybridized carbons (Fsp3) is 0.300. The number of urea groups is 1. The van der Waals surface area contributed by atoms with E-state index in [1.807, 2.05) is 56.3 Å². The number of hydrogen-bond acceptors (Lipinski definition) is 3. The van der Waals surface area contributed by atoms with E-state index in [9.17, 15) is 9.59 Å². The molecule has 0 saturated carbocycles. The zero-order chi connectivity index (χ0) is 19.4. The molecular weight excluding hydrogens is 410 g/mol. The highest BCUT2D eigenvalue weighted by Gasteiger charge is 2.30. The summed E-state index contributed by atoms with van der Waals surface area (Å²) < 4.78 is 6.39. The van der Waals surface area contributed by atoms with Crippen LogP contribution in [0.5, 0.6) is 5.75 Å². The maximum atomic E-state index is 12.7. The van der Waals surface area contributed by atoms with Crippen molar-refractivity contribution in [2.75, 3.05) is 36.5 Å². The summed E-state index contributed by atoms with van der Waals surface area (Å²) in [4.78, 5) is 28.2. The third-order valence-corrected chi connectivity index (χ3v) is 4.84. The second-order valence-corrected chi connectivity index (χ2v) is 7.21. The van der Waals surface area contributed by atoms with Gasteiger partial charge in [-0.25, -0.2) is 4.79 Å². The first-order chi connectivity index (χ1) is 13.0. The van der Waals surface area contributed by atoms with Gasteiger partial charge in [0.05, 0.1) is 6.61 Å². The van der Waals surface area contributed by atoms with Gasteiger partial charge in [0.1, 0.15) is 12.3 Å². The van der Waals surface area contributed by atoms with Gasteiger partial charge in [0.25, 0.3) is 0 Å². The van der Waals surface area contributed by atoms with E-state index < -0.39 is 0 Å². The van der Waals surface area contributed by atoms with Crippen molar-refractivity contribution in [3.8, 4) is 5.75 Å². The molecule has 0 atom stereocenters. The third kappa shape index (κ3) is 4.60. The molecule has 0 unspecified atom stereocenters. The lowest BCUT2D eigenvalue weighted by Gasteiger charge is -2.19. The van der Waals surface area contributed by atoms with Gasteiger partial charge in [-0.3, -0.25) is 9.69 Å². The molecule has 1 fully saturated rings. The SMILES string of the molecule is CCOc1ccc(N2CCN(CC(=O)Nc3ccc(Br)cc3C)C2=O)cc1. The van der Waals surface area contributed by atoms with E-state index in [1.165, 1.54) is 0 Å². The van der Waals surface area contributed by atoms with Crippen molar-refractivity contribution in [3.63, 3.8) is 0 Å². The average Bonchev–Trinajstić information content (AvgIpc) is 2.99. The Kier molecular flexibility index (Phi) is 6.01. The maximum absolute atomic E-state index is 12.7. The zero-order valence-corrected chi connectivity index (χ0v) is 17.0. The smallest absolute Gasteiger partial charge is 0.325 e. The van der Waals surface area contributed by atoms with E-state index in [4.69, 9.17) is 4.74 Å². The van der Waals surface area contributed by atoms with Crippen LogP contribution in [-0.2, 0) is 4.79 Å². The van der Waals surface area contributed by atoms with Gasteiger partial charge in [-0.15, -0.1) is 0 Å². The van der Waals surface area contributed by atoms with E-state index in [2.05, 4.69) is 21.2 Å². The molecule has 3 amide bonds. The van der Waals surface area contributed by atoms with Crippen molar-refractivity contribution >= 4 is 39.2 Å². The summed E-state index contributed by atoms with van der Waals surface area (Å²) in [5, 5.41) is 2.87. The number of carbonyl (C=O) groups is 2. The molecule has 0 bridgehead atoms. The van der Waals surface area contributed by atoms with Gasteiger partial charge in [0, 0.05) is 28.9 Å². The molecule has 27 heavy (non-hydrogen) atoms. The first-order valence-electron chi connectivity index (χ1n) is 8.83. The third-order valence-electron chi connectivity index (χ3n) is 4.35. The Balaban J connectivity index is 1.60. The highest BCUT2D eigenvalue weighted by atomic mass is 79.9. The van der Waals surface area contributed by atoms with Crippen LogP contribution in [0, 0.1) is 6.92 Å². The number of halogens is 1. The number of hydrogen-bond donors (Lipinski definition) is 1. The number of benzene rings is 2. The van der Waals surface area contributed by atoms with Crippen LogP contribution in [-0.4, -0.2) is 43.1 Å². The summed E-state index contributed by atoms with van der Waals surface area (Å²) in [6.45, 7) is 5.55. The predicted molar refractivity (Wildman–Crippen MR) is 109 cm³/mol. The number of rotatable bonds is 6. The number of nitrogens with zero attached hydrogens (tertiary/aromatic N) is 2. The van der Waals surface area contributed by atoms with Gasteiger partial charge in [0.2, 0.25) is 5.91 Å². The molecule has 0 aromatic heterocycles. The molecule has 2 aromatic rings. The van der Waals surface area contributed by atoms with E-state index in [-0.39, 0.29) is 18.5 Å². The van der Waals surface area contributed by atoms with Crippen molar-refractivity contribution in [1.29, 1.82) is 0 Å². The molecule has 1 aliphatic heterocycles. The van der Waals surface area contributed by atoms with Crippen molar-refractivity contribution in [1.82, 2.24) is 4.90 Å². The van der Waals surface area contributed by atoms with Crippen LogP contribution >= 0.6 is 15.9 Å². The van der Waals surface area contributed by atoms with Gasteiger partial charge in [-0.05, 0) is 61.9 Å². The number of carbonyl (C=O) groups excluding carboxylic acids is 2. The van der Waals surface area contributed by atoms with E-state index in [1.54, 1.807) is 9.80 Å². The van der Waals surface area contributed by atoms with Crippen LogP contribution < -0.4 is 15.0 Å². The molecule has 0 aliphatic carbocycles. The van der Waals surface area contributed by atoms with Crippen LogP contribution in [0.2, 0.25) is 0 Å². The van der Waals surface area contributed by atoms with Crippen LogP contribution in [0.25, 0.3) is 0 Å². The first kappa shape index (κ1) is 19.2. The second-order valence-electron chi connectivity index (χ2n) is 6.29. The molecule has 1 N–H and O–H groups in total. The molecule has 1 heterocycles. The van der Waals surface area contributed by atoms with Gasteiger partial charge in [0.15, 0.2) is 0 Å². The zero-order valence-electron chi connectivity index (χ0n) is 15.4. The number of nitrogens with one attached hydrogen (secondary N) is 1. The summed E-state index contributed by atoms with van der Waals surface area (Å²) in [6.07, 6.45) is 0. The molecular formula is C20H22BrN3O3.